The average Bonchev–Trinajstić information content (AvgIpc) is 2.80. The first-order valence-electron chi connectivity index (χ1n) is 11.0. The molecular formula is C22H32N2O5S. The van der Waals surface area contributed by atoms with Crippen molar-refractivity contribution < 1.29 is 22.7 Å². The SMILES string of the molecule is COc1cccc(S(=O)(=O)N2CCC(C(=O)N3CCC4(CCCCO4)CC3)CC2)c1. The van der Waals surface area contributed by atoms with Gasteiger partial charge in [0, 0.05) is 44.8 Å². The Bertz CT molecular complexity index is 848. The Balaban J connectivity index is 1.32. The van der Waals surface area contributed by atoms with E-state index in [0.717, 1.165) is 45.4 Å². The lowest BCUT2D eigenvalue weighted by molar-refractivity contribution is -0.147. The van der Waals surface area contributed by atoms with E-state index >= 15 is 0 Å². The summed E-state index contributed by atoms with van der Waals surface area (Å²) in [5.74, 6) is 0.605. The van der Waals surface area contributed by atoms with E-state index in [4.69, 9.17) is 9.47 Å². The van der Waals surface area contributed by atoms with Gasteiger partial charge in [0.25, 0.3) is 0 Å². The van der Waals surface area contributed by atoms with Gasteiger partial charge in [0.15, 0.2) is 0 Å². The van der Waals surface area contributed by atoms with Crippen molar-refractivity contribution in [1.29, 1.82) is 0 Å². The number of rotatable bonds is 4. The van der Waals surface area contributed by atoms with Crippen LogP contribution in [0.1, 0.15) is 44.9 Å². The molecular weight excluding hydrogens is 404 g/mol. The highest BCUT2D eigenvalue weighted by Gasteiger charge is 2.40. The molecule has 1 aromatic carbocycles. The van der Waals surface area contributed by atoms with Gasteiger partial charge in [-0.3, -0.25) is 4.79 Å². The highest BCUT2D eigenvalue weighted by atomic mass is 32.2. The molecule has 4 rings (SSSR count). The van der Waals surface area contributed by atoms with Crippen LogP contribution in [-0.2, 0) is 19.6 Å². The van der Waals surface area contributed by atoms with E-state index in [1.54, 1.807) is 24.3 Å². The maximum absolute atomic E-state index is 13.0. The zero-order valence-electron chi connectivity index (χ0n) is 17.7. The van der Waals surface area contributed by atoms with Crippen molar-refractivity contribution in [3.05, 3.63) is 24.3 Å². The number of ether oxygens (including phenoxy) is 2. The highest BCUT2D eigenvalue weighted by Crippen LogP contribution is 2.36. The van der Waals surface area contributed by atoms with Crippen molar-refractivity contribution in [3.8, 4) is 5.75 Å². The summed E-state index contributed by atoms with van der Waals surface area (Å²) in [4.78, 5) is 15.2. The van der Waals surface area contributed by atoms with Crippen molar-refractivity contribution in [1.82, 2.24) is 9.21 Å². The van der Waals surface area contributed by atoms with Crippen LogP contribution in [0.3, 0.4) is 0 Å². The number of carbonyl (C=O) groups excluding carboxylic acids is 1. The van der Waals surface area contributed by atoms with Crippen molar-refractivity contribution in [2.75, 3.05) is 39.9 Å². The third-order valence-corrected chi connectivity index (χ3v) is 8.80. The lowest BCUT2D eigenvalue weighted by atomic mass is 9.84. The van der Waals surface area contributed by atoms with E-state index in [0.29, 0.717) is 31.7 Å². The molecule has 0 bridgehead atoms. The van der Waals surface area contributed by atoms with Crippen LogP contribution >= 0.6 is 0 Å². The molecule has 1 spiro atoms. The molecule has 3 aliphatic rings. The van der Waals surface area contributed by atoms with E-state index in [9.17, 15) is 13.2 Å². The number of piperidine rings is 2. The largest absolute Gasteiger partial charge is 0.497 e. The van der Waals surface area contributed by atoms with Crippen LogP contribution in [0.2, 0.25) is 0 Å². The monoisotopic (exact) mass is 436 g/mol. The molecule has 166 valence electrons. The average molecular weight is 437 g/mol. The molecule has 0 saturated carbocycles. The van der Waals surface area contributed by atoms with Crippen molar-refractivity contribution in [2.24, 2.45) is 5.92 Å². The Labute approximate surface area is 179 Å². The van der Waals surface area contributed by atoms with Gasteiger partial charge in [-0.25, -0.2) is 8.42 Å². The standard InChI is InChI=1S/C22H32N2O5S/c1-28-19-5-4-6-20(17-19)30(26,27)24-12-7-18(8-13-24)21(25)23-14-10-22(11-15-23)9-2-3-16-29-22/h4-6,17-18H,2-3,7-16H2,1H3. The van der Waals surface area contributed by atoms with Crippen LogP contribution in [-0.4, -0.2) is 69.0 Å². The fourth-order valence-electron chi connectivity index (χ4n) is 4.95. The zero-order valence-corrected chi connectivity index (χ0v) is 18.5. The minimum Gasteiger partial charge on any atom is -0.497 e. The lowest BCUT2D eigenvalue weighted by Crippen LogP contribution is -2.51. The normalized spacial score (nSPS) is 23.4. The second-order valence-corrected chi connectivity index (χ2v) is 10.6. The molecule has 0 unspecified atom stereocenters. The number of likely N-dealkylation sites (tertiary alicyclic amines) is 1. The number of carbonyl (C=O) groups is 1. The van der Waals surface area contributed by atoms with E-state index < -0.39 is 10.0 Å². The third kappa shape index (κ3) is 4.36. The maximum atomic E-state index is 13.0. The number of nitrogens with zero attached hydrogens (tertiary/aromatic N) is 2. The van der Waals surface area contributed by atoms with Gasteiger partial charge in [0.1, 0.15) is 5.75 Å². The van der Waals surface area contributed by atoms with Gasteiger partial charge in [-0.2, -0.15) is 4.31 Å². The Hall–Kier alpha value is -1.64. The quantitative estimate of drug-likeness (QED) is 0.725. The summed E-state index contributed by atoms with van der Waals surface area (Å²) in [6, 6.07) is 6.54. The van der Waals surface area contributed by atoms with Gasteiger partial charge in [-0.05, 0) is 57.1 Å². The second-order valence-electron chi connectivity index (χ2n) is 8.67. The van der Waals surface area contributed by atoms with Gasteiger partial charge in [0.05, 0.1) is 17.6 Å². The molecule has 0 atom stereocenters. The predicted octanol–water partition coefficient (Wildman–Crippen LogP) is 2.66. The molecule has 30 heavy (non-hydrogen) atoms. The Morgan fingerprint density at radius 3 is 2.47 bits per heavy atom. The fraction of sp³-hybridized carbons (Fsp3) is 0.682. The summed E-state index contributed by atoms with van der Waals surface area (Å²) in [5, 5.41) is 0. The minimum absolute atomic E-state index is 0.0107. The molecule has 3 aliphatic heterocycles. The molecule has 3 saturated heterocycles. The Kier molecular flexibility index (Phi) is 6.36. The van der Waals surface area contributed by atoms with Crippen LogP contribution in [0, 0.1) is 5.92 Å². The summed E-state index contributed by atoms with van der Waals surface area (Å²) in [6.45, 7) is 3.09. The number of methoxy groups -OCH3 is 1. The molecule has 0 aromatic heterocycles. The molecule has 3 fully saturated rings. The Morgan fingerprint density at radius 2 is 1.83 bits per heavy atom. The first-order chi connectivity index (χ1) is 14.4. The lowest BCUT2D eigenvalue weighted by Gasteiger charge is -2.45. The van der Waals surface area contributed by atoms with E-state index in [2.05, 4.69) is 0 Å². The second kappa shape index (κ2) is 8.85. The van der Waals surface area contributed by atoms with Crippen LogP contribution in [0.15, 0.2) is 29.2 Å². The first-order valence-corrected chi connectivity index (χ1v) is 12.4. The van der Waals surface area contributed by atoms with E-state index in [1.165, 1.54) is 17.8 Å². The van der Waals surface area contributed by atoms with Gasteiger partial charge in [-0.1, -0.05) is 6.07 Å². The molecule has 7 nitrogen and oxygen atoms in total. The predicted molar refractivity (Wildman–Crippen MR) is 113 cm³/mol. The van der Waals surface area contributed by atoms with Gasteiger partial charge in [0.2, 0.25) is 15.9 Å². The fourth-order valence-corrected chi connectivity index (χ4v) is 6.46. The topological polar surface area (TPSA) is 76.2 Å². The minimum atomic E-state index is -3.58. The van der Waals surface area contributed by atoms with Crippen molar-refractivity contribution in [3.63, 3.8) is 0 Å². The van der Waals surface area contributed by atoms with Crippen molar-refractivity contribution >= 4 is 15.9 Å². The van der Waals surface area contributed by atoms with Crippen LogP contribution < -0.4 is 4.74 Å². The molecule has 8 heteroatoms. The third-order valence-electron chi connectivity index (χ3n) is 6.90. The van der Waals surface area contributed by atoms with Crippen LogP contribution in [0.4, 0.5) is 0 Å². The molecule has 0 radical (unpaired) electrons. The van der Waals surface area contributed by atoms with Gasteiger partial charge in [-0.15, -0.1) is 0 Å². The molecule has 3 heterocycles. The van der Waals surface area contributed by atoms with Gasteiger partial charge < -0.3 is 14.4 Å². The summed E-state index contributed by atoms with van der Waals surface area (Å²) in [6.07, 6.45) is 6.44. The molecule has 1 aromatic rings. The smallest absolute Gasteiger partial charge is 0.243 e. The number of sulfonamides is 1. The highest BCUT2D eigenvalue weighted by molar-refractivity contribution is 7.89. The summed E-state index contributed by atoms with van der Waals surface area (Å²) in [7, 11) is -2.06. The number of amides is 1. The Morgan fingerprint density at radius 1 is 1.10 bits per heavy atom. The molecule has 1 amide bonds. The summed E-state index contributed by atoms with van der Waals surface area (Å²) >= 11 is 0. The zero-order chi connectivity index (χ0) is 21.2. The number of benzene rings is 1. The van der Waals surface area contributed by atoms with Gasteiger partial charge >= 0.3 is 0 Å². The summed E-state index contributed by atoms with van der Waals surface area (Å²) in [5.41, 5.74) is -0.0107. The molecule has 0 aliphatic carbocycles. The van der Waals surface area contributed by atoms with E-state index in [1.807, 2.05) is 4.90 Å². The maximum Gasteiger partial charge on any atom is 0.243 e. The van der Waals surface area contributed by atoms with Crippen LogP contribution in [0.5, 0.6) is 5.75 Å². The first kappa shape index (κ1) is 21.6. The van der Waals surface area contributed by atoms with E-state index in [-0.39, 0.29) is 22.3 Å². The van der Waals surface area contributed by atoms with Crippen LogP contribution in [0.25, 0.3) is 0 Å². The van der Waals surface area contributed by atoms with Crippen molar-refractivity contribution in [2.45, 2.75) is 55.4 Å². The number of hydrogen-bond donors (Lipinski definition) is 0. The molecule has 0 N–H and O–H groups in total. The number of hydrogen-bond acceptors (Lipinski definition) is 5. The summed E-state index contributed by atoms with van der Waals surface area (Å²) < 4.78 is 38.6.